The van der Waals surface area contributed by atoms with Crippen molar-refractivity contribution in [2.45, 2.75) is 26.4 Å². The van der Waals surface area contributed by atoms with Crippen LogP contribution in [-0.4, -0.2) is 41.1 Å². The van der Waals surface area contributed by atoms with E-state index >= 15 is 0 Å². The molecule has 0 aliphatic heterocycles. The Kier molecular flexibility index (Phi) is 6.35. The summed E-state index contributed by atoms with van der Waals surface area (Å²) in [5.74, 6) is 0.747. The number of thiazole rings is 1. The second-order valence-corrected chi connectivity index (χ2v) is 7.75. The number of carbonyl (C=O) groups is 1. The molecule has 0 aliphatic carbocycles. The number of aromatic nitrogens is 1. The van der Waals surface area contributed by atoms with Crippen molar-refractivity contribution in [1.29, 1.82) is 0 Å². The molecule has 0 aliphatic rings. The maximum atomic E-state index is 12.7. The molecule has 0 bridgehead atoms. The van der Waals surface area contributed by atoms with E-state index in [1.165, 1.54) is 11.3 Å². The Balaban J connectivity index is 1.89. The first-order chi connectivity index (χ1) is 13.9. The van der Waals surface area contributed by atoms with Crippen molar-refractivity contribution in [2.24, 2.45) is 0 Å². The standard InChI is InChI=1S/C23H26N2O3S/c1-5-25(6-2)21(26)17-9-7-8-16(14-17)20-15-29-22(24-20)23(3,27)18-10-12-19(28-4)13-11-18/h7-15,27H,5-6H2,1-4H3. The fourth-order valence-corrected chi connectivity index (χ4v) is 4.08. The molecule has 1 aromatic heterocycles. The number of methoxy groups -OCH3 is 1. The summed E-state index contributed by atoms with van der Waals surface area (Å²) in [6, 6.07) is 14.8. The number of nitrogens with zero attached hydrogens (tertiary/aromatic N) is 2. The molecule has 6 heteroatoms. The van der Waals surface area contributed by atoms with E-state index < -0.39 is 5.60 Å². The lowest BCUT2D eigenvalue weighted by molar-refractivity contribution is 0.0773. The normalized spacial score (nSPS) is 13.0. The molecule has 1 N–H and O–H groups in total. The molecule has 0 saturated heterocycles. The summed E-state index contributed by atoms with van der Waals surface area (Å²) in [7, 11) is 1.61. The molecular weight excluding hydrogens is 384 g/mol. The van der Waals surface area contributed by atoms with Crippen LogP contribution in [0.1, 0.15) is 41.7 Å². The molecular formula is C23H26N2O3S. The molecule has 1 heterocycles. The van der Waals surface area contributed by atoms with Crippen LogP contribution in [0.2, 0.25) is 0 Å². The van der Waals surface area contributed by atoms with Gasteiger partial charge in [0, 0.05) is 29.6 Å². The molecule has 3 rings (SSSR count). The highest BCUT2D eigenvalue weighted by Gasteiger charge is 2.29. The van der Waals surface area contributed by atoms with E-state index in [0.717, 1.165) is 22.6 Å². The van der Waals surface area contributed by atoms with Crippen molar-refractivity contribution >= 4 is 17.2 Å². The third-order valence-electron chi connectivity index (χ3n) is 5.03. The number of hydrogen-bond donors (Lipinski definition) is 1. The average Bonchev–Trinajstić information content (AvgIpc) is 3.26. The summed E-state index contributed by atoms with van der Waals surface area (Å²) < 4.78 is 5.19. The second kappa shape index (κ2) is 8.76. The predicted molar refractivity (Wildman–Crippen MR) is 116 cm³/mol. The molecule has 0 radical (unpaired) electrons. The molecule has 152 valence electrons. The van der Waals surface area contributed by atoms with Crippen LogP contribution in [0.3, 0.4) is 0 Å². The minimum atomic E-state index is -1.22. The van der Waals surface area contributed by atoms with Gasteiger partial charge in [-0.1, -0.05) is 24.3 Å². The molecule has 5 nitrogen and oxygen atoms in total. The Bertz CT molecular complexity index is 976. The minimum absolute atomic E-state index is 0.0116. The number of aliphatic hydroxyl groups is 1. The van der Waals surface area contributed by atoms with Crippen molar-refractivity contribution in [3.63, 3.8) is 0 Å². The molecule has 29 heavy (non-hydrogen) atoms. The highest BCUT2D eigenvalue weighted by Crippen LogP contribution is 2.34. The van der Waals surface area contributed by atoms with Gasteiger partial charge in [0.25, 0.3) is 5.91 Å². The minimum Gasteiger partial charge on any atom is -0.497 e. The number of amides is 1. The molecule has 1 amide bonds. The smallest absolute Gasteiger partial charge is 0.253 e. The third kappa shape index (κ3) is 4.33. The first-order valence-electron chi connectivity index (χ1n) is 9.63. The van der Waals surface area contributed by atoms with Gasteiger partial charge in [-0.05, 0) is 50.6 Å². The second-order valence-electron chi connectivity index (χ2n) is 6.90. The SMILES string of the molecule is CCN(CC)C(=O)c1cccc(-c2csc(C(C)(O)c3ccc(OC)cc3)n2)c1. The Morgan fingerprint density at radius 2 is 1.86 bits per heavy atom. The first-order valence-corrected chi connectivity index (χ1v) is 10.5. The zero-order chi connectivity index (χ0) is 21.0. The van der Waals surface area contributed by atoms with E-state index in [9.17, 15) is 9.90 Å². The van der Waals surface area contributed by atoms with Gasteiger partial charge >= 0.3 is 0 Å². The Labute approximate surface area is 175 Å². The van der Waals surface area contributed by atoms with Crippen LogP contribution >= 0.6 is 11.3 Å². The molecule has 0 fully saturated rings. The zero-order valence-electron chi connectivity index (χ0n) is 17.2. The Morgan fingerprint density at radius 3 is 2.48 bits per heavy atom. The monoisotopic (exact) mass is 410 g/mol. The molecule has 3 aromatic rings. The highest BCUT2D eigenvalue weighted by atomic mass is 32.1. The van der Waals surface area contributed by atoms with Gasteiger partial charge in [0.2, 0.25) is 0 Å². The van der Waals surface area contributed by atoms with Gasteiger partial charge in [0.05, 0.1) is 12.8 Å². The van der Waals surface area contributed by atoms with Crippen LogP contribution in [0.5, 0.6) is 5.75 Å². The topological polar surface area (TPSA) is 62.7 Å². The van der Waals surface area contributed by atoms with E-state index in [-0.39, 0.29) is 5.91 Å². The van der Waals surface area contributed by atoms with Gasteiger partial charge in [-0.3, -0.25) is 4.79 Å². The van der Waals surface area contributed by atoms with E-state index in [0.29, 0.717) is 23.7 Å². The third-order valence-corrected chi connectivity index (χ3v) is 6.08. The number of rotatable bonds is 7. The van der Waals surface area contributed by atoms with Crippen LogP contribution in [0.15, 0.2) is 53.9 Å². The fraction of sp³-hybridized carbons (Fsp3) is 0.304. The summed E-state index contributed by atoms with van der Waals surface area (Å²) in [6.07, 6.45) is 0. The molecule has 1 unspecified atom stereocenters. The van der Waals surface area contributed by atoms with Crippen molar-refractivity contribution in [2.75, 3.05) is 20.2 Å². The molecule has 0 spiro atoms. The van der Waals surface area contributed by atoms with Crippen LogP contribution < -0.4 is 4.74 Å². The fourth-order valence-electron chi connectivity index (χ4n) is 3.17. The molecule has 0 saturated carbocycles. The first kappa shape index (κ1) is 21.0. The van der Waals surface area contributed by atoms with Gasteiger partial charge in [-0.2, -0.15) is 0 Å². The summed E-state index contributed by atoms with van der Waals surface area (Å²) in [4.78, 5) is 19.1. The lowest BCUT2D eigenvalue weighted by atomic mass is 9.96. The van der Waals surface area contributed by atoms with Gasteiger partial charge in [0.15, 0.2) is 0 Å². The summed E-state index contributed by atoms with van der Waals surface area (Å²) in [5.41, 5.74) is 1.76. The number of ether oxygens (including phenoxy) is 1. The van der Waals surface area contributed by atoms with Crippen molar-refractivity contribution in [3.8, 4) is 17.0 Å². The summed E-state index contributed by atoms with van der Waals surface area (Å²) >= 11 is 1.40. The van der Waals surface area contributed by atoms with Crippen LogP contribution in [0.25, 0.3) is 11.3 Å². The Hall–Kier alpha value is -2.70. The zero-order valence-corrected chi connectivity index (χ0v) is 18.0. The Morgan fingerprint density at radius 1 is 1.17 bits per heavy atom. The maximum absolute atomic E-state index is 12.7. The van der Waals surface area contributed by atoms with Crippen LogP contribution in [0, 0.1) is 0 Å². The molecule has 1 atom stereocenters. The van der Waals surface area contributed by atoms with Gasteiger partial charge < -0.3 is 14.7 Å². The van der Waals surface area contributed by atoms with Gasteiger partial charge in [0.1, 0.15) is 16.4 Å². The van der Waals surface area contributed by atoms with Crippen LogP contribution in [-0.2, 0) is 5.60 Å². The lowest BCUT2D eigenvalue weighted by Crippen LogP contribution is -2.30. The number of carbonyl (C=O) groups excluding carboxylic acids is 1. The quantitative estimate of drug-likeness (QED) is 0.620. The van der Waals surface area contributed by atoms with E-state index in [1.807, 2.05) is 67.8 Å². The number of benzene rings is 2. The van der Waals surface area contributed by atoms with Gasteiger partial charge in [-0.25, -0.2) is 4.98 Å². The number of hydrogen-bond acceptors (Lipinski definition) is 5. The molecule has 2 aromatic carbocycles. The largest absolute Gasteiger partial charge is 0.497 e. The highest BCUT2D eigenvalue weighted by molar-refractivity contribution is 7.10. The predicted octanol–water partition coefficient (Wildman–Crippen LogP) is 4.56. The average molecular weight is 411 g/mol. The van der Waals surface area contributed by atoms with Crippen molar-refractivity contribution in [3.05, 3.63) is 70.0 Å². The lowest BCUT2D eigenvalue weighted by Gasteiger charge is -2.21. The van der Waals surface area contributed by atoms with Crippen molar-refractivity contribution in [1.82, 2.24) is 9.88 Å². The maximum Gasteiger partial charge on any atom is 0.253 e. The van der Waals surface area contributed by atoms with Crippen molar-refractivity contribution < 1.29 is 14.6 Å². The summed E-state index contributed by atoms with van der Waals surface area (Å²) in [5, 5.41) is 13.6. The van der Waals surface area contributed by atoms with E-state index in [1.54, 1.807) is 18.9 Å². The van der Waals surface area contributed by atoms with E-state index in [2.05, 4.69) is 4.98 Å². The van der Waals surface area contributed by atoms with E-state index in [4.69, 9.17) is 4.74 Å². The summed E-state index contributed by atoms with van der Waals surface area (Å²) in [6.45, 7) is 7.02. The van der Waals surface area contributed by atoms with Crippen LogP contribution in [0.4, 0.5) is 0 Å². The van der Waals surface area contributed by atoms with Gasteiger partial charge in [-0.15, -0.1) is 11.3 Å².